The molecule has 0 radical (unpaired) electrons. The van der Waals surface area contributed by atoms with Gasteiger partial charge in [0.15, 0.2) is 16.1 Å². The first-order valence-corrected chi connectivity index (χ1v) is 10.4. The van der Waals surface area contributed by atoms with Crippen LogP contribution < -0.4 is 5.32 Å². The summed E-state index contributed by atoms with van der Waals surface area (Å²) in [4.78, 5) is 16.4. The van der Waals surface area contributed by atoms with Gasteiger partial charge in [-0.1, -0.05) is 41.0 Å². The number of nitrogens with zero attached hydrogens (tertiary/aromatic N) is 4. The summed E-state index contributed by atoms with van der Waals surface area (Å²) in [5, 5.41) is 15.2. The van der Waals surface area contributed by atoms with Crippen LogP contribution in [0.2, 0.25) is 10.0 Å². The lowest BCUT2D eigenvalue weighted by Crippen LogP contribution is -2.14. The van der Waals surface area contributed by atoms with Crippen molar-refractivity contribution < 1.29 is 4.79 Å². The Hall–Kier alpha value is -1.87. The van der Waals surface area contributed by atoms with Crippen molar-refractivity contribution in [3.05, 3.63) is 52.0 Å². The molecule has 0 unspecified atom stereocenters. The van der Waals surface area contributed by atoms with Gasteiger partial charge in [-0.3, -0.25) is 9.36 Å². The van der Waals surface area contributed by atoms with Gasteiger partial charge in [-0.05, 0) is 25.1 Å². The molecular weight excluding hydrogens is 425 g/mol. The molecule has 0 atom stereocenters. The van der Waals surface area contributed by atoms with Crippen LogP contribution in [-0.4, -0.2) is 31.4 Å². The highest BCUT2D eigenvalue weighted by atomic mass is 35.5. The number of rotatable bonds is 7. The highest BCUT2D eigenvalue weighted by molar-refractivity contribution is 7.99. The minimum atomic E-state index is -0.154. The zero-order valence-electron chi connectivity index (χ0n) is 14.3. The minimum absolute atomic E-state index is 0.154. The van der Waals surface area contributed by atoms with Crippen LogP contribution in [0.15, 0.2) is 41.4 Å². The summed E-state index contributed by atoms with van der Waals surface area (Å²) in [6.45, 7) is 6.15. The van der Waals surface area contributed by atoms with Gasteiger partial charge in [0.05, 0.1) is 21.5 Å². The Morgan fingerprint density at radius 3 is 2.85 bits per heavy atom. The fourth-order valence-corrected chi connectivity index (χ4v) is 3.98. The van der Waals surface area contributed by atoms with Crippen molar-refractivity contribution in [2.24, 2.45) is 0 Å². The lowest BCUT2D eigenvalue weighted by molar-refractivity contribution is -0.113. The van der Waals surface area contributed by atoms with Gasteiger partial charge in [-0.2, -0.15) is 0 Å². The average molecular weight is 440 g/mol. The van der Waals surface area contributed by atoms with E-state index in [-0.39, 0.29) is 11.7 Å². The van der Waals surface area contributed by atoms with E-state index in [1.54, 1.807) is 18.2 Å². The number of halogens is 2. The molecule has 2 heterocycles. The van der Waals surface area contributed by atoms with E-state index in [0.29, 0.717) is 32.7 Å². The number of hydrogen-bond donors (Lipinski definition) is 1. The van der Waals surface area contributed by atoms with E-state index in [1.165, 1.54) is 23.1 Å². The number of hydrogen-bond acceptors (Lipinski definition) is 6. The zero-order valence-corrected chi connectivity index (χ0v) is 17.4. The van der Waals surface area contributed by atoms with Gasteiger partial charge in [0.1, 0.15) is 0 Å². The molecule has 3 rings (SSSR count). The minimum Gasteiger partial charge on any atom is -0.301 e. The van der Waals surface area contributed by atoms with Gasteiger partial charge in [-0.25, -0.2) is 4.98 Å². The molecular formula is C17H15Cl2N5OS2. The molecule has 1 N–H and O–H groups in total. The van der Waals surface area contributed by atoms with Gasteiger partial charge >= 0.3 is 0 Å². The smallest absolute Gasteiger partial charge is 0.236 e. The number of aromatic nitrogens is 4. The lowest BCUT2D eigenvalue weighted by atomic mass is 10.2. The molecule has 0 aliphatic heterocycles. The number of carbonyl (C=O) groups is 1. The Kier molecular flexibility index (Phi) is 6.54. The highest BCUT2D eigenvalue weighted by Crippen LogP contribution is 2.29. The molecule has 0 spiro atoms. The number of allylic oxidation sites excluding steroid dienone is 1. The fraction of sp³-hybridized carbons (Fsp3) is 0.176. The summed E-state index contributed by atoms with van der Waals surface area (Å²) < 4.78 is 1.87. The molecule has 27 heavy (non-hydrogen) atoms. The molecule has 6 nitrogen and oxygen atoms in total. The fourth-order valence-electron chi connectivity index (χ4n) is 2.23. The number of aryl methyl sites for hydroxylation is 1. The van der Waals surface area contributed by atoms with Crippen LogP contribution in [0.3, 0.4) is 0 Å². The lowest BCUT2D eigenvalue weighted by Gasteiger charge is -2.08. The van der Waals surface area contributed by atoms with Crippen molar-refractivity contribution in [3.63, 3.8) is 0 Å². The number of amides is 1. The van der Waals surface area contributed by atoms with Gasteiger partial charge in [-0.15, -0.1) is 28.1 Å². The second-order valence-electron chi connectivity index (χ2n) is 5.47. The molecule has 3 aromatic rings. The second kappa shape index (κ2) is 8.88. The average Bonchev–Trinajstić information content (AvgIpc) is 3.22. The molecule has 1 aromatic carbocycles. The first kappa shape index (κ1) is 19.9. The number of carbonyl (C=O) groups excluding carboxylic acids is 1. The summed E-state index contributed by atoms with van der Waals surface area (Å²) in [6.07, 6.45) is 1.74. The van der Waals surface area contributed by atoms with Crippen molar-refractivity contribution in [2.45, 2.75) is 18.6 Å². The third kappa shape index (κ3) is 4.90. The molecule has 1 amide bonds. The van der Waals surface area contributed by atoms with Crippen molar-refractivity contribution >= 4 is 57.3 Å². The van der Waals surface area contributed by atoms with Gasteiger partial charge in [0, 0.05) is 17.5 Å². The maximum atomic E-state index is 12.1. The number of thiazole rings is 1. The normalized spacial score (nSPS) is 10.8. The molecule has 10 heteroatoms. The van der Waals surface area contributed by atoms with Crippen molar-refractivity contribution in [1.29, 1.82) is 0 Å². The summed E-state index contributed by atoms with van der Waals surface area (Å²) in [7, 11) is 0. The van der Waals surface area contributed by atoms with Crippen molar-refractivity contribution in [1.82, 2.24) is 19.7 Å². The monoisotopic (exact) mass is 439 g/mol. The third-order valence-corrected chi connectivity index (χ3v) is 5.99. The Bertz CT molecular complexity index is 986. The topological polar surface area (TPSA) is 72.7 Å². The van der Waals surface area contributed by atoms with E-state index in [0.717, 1.165) is 11.3 Å². The standard InChI is InChI=1S/C17H15Cl2N5OS2/c1-3-6-24-15(11-4-5-12(18)13(19)7-11)22-23-17(24)27-9-14(25)21-16-20-10(2)8-26-16/h3-5,7-8H,1,6,9H2,2H3,(H,20,21,25). The number of thioether (sulfide) groups is 1. The van der Waals surface area contributed by atoms with Gasteiger partial charge in [0.2, 0.25) is 5.91 Å². The maximum absolute atomic E-state index is 12.1. The highest BCUT2D eigenvalue weighted by Gasteiger charge is 2.16. The molecule has 2 aromatic heterocycles. The number of benzene rings is 1. The van der Waals surface area contributed by atoms with Gasteiger partial charge in [0.25, 0.3) is 0 Å². The van der Waals surface area contributed by atoms with Crippen molar-refractivity contribution in [3.8, 4) is 11.4 Å². The molecule has 0 fully saturated rings. The molecule has 0 aliphatic rings. The van der Waals surface area contributed by atoms with Crippen LogP contribution in [-0.2, 0) is 11.3 Å². The van der Waals surface area contributed by atoms with Crippen LogP contribution >= 0.6 is 46.3 Å². The van der Waals surface area contributed by atoms with E-state index in [4.69, 9.17) is 23.2 Å². The Morgan fingerprint density at radius 2 is 2.19 bits per heavy atom. The molecule has 0 saturated heterocycles. The quantitative estimate of drug-likeness (QED) is 0.417. The first-order chi connectivity index (χ1) is 13.0. The SMILES string of the molecule is C=CCn1c(SCC(=O)Nc2nc(C)cs2)nnc1-c1ccc(Cl)c(Cl)c1. The van der Waals surface area contributed by atoms with Crippen molar-refractivity contribution in [2.75, 3.05) is 11.1 Å². The Labute approximate surface area is 174 Å². The number of nitrogens with one attached hydrogen (secondary N) is 1. The molecule has 140 valence electrons. The summed E-state index contributed by atoms with van der Waals surface area (Å²) >= 11 is 14.8. The predicted octanol–water partition coefficient (Wildman–Crippen LogP) is 4.93. The number of anilines is 1. The van der Waals surface area contributed by atoms with Crippen LogP contribution in [0.25, 0.3) is 11.4 Å². The van der Waals surface area contributed by atoms with E-state index in [9.17, 15) is 4.79 Å². The predicted molar refractivity (Wildman–Crippen MR) is 112 cm³/mol. The van der Waals surface area contributed by atoms with Crippen LogP contribution in [0.5, 0.6) is 0 Å². The molecule has 0 saturated carbocycles. The van der Waals surface area contributed by atoms with Crippen LogP contribution in [0.1, 0.15) is 5.69 Å². The summed E-state index contributed by atoms with van der Waals surface area (Å²) in [6, 6.07) is 5.27. The van der Waals surface area contributed by atoms with E-state index in [2.05, 4.69) is 27.1 Å². The summed E-state index contributed by atoms with van der Waals surface area (Å²) in [5.41, 5.74) is 1.66. The van der Waals surface area contributed by atoms with Crippen LogP contribution in [0.4, 0.5) is 5.13 Å². The Balaban J connectivity index is 1.75. The largest absolute Gasteiger partial charge is 0.301 e. The van der Waals surface area contributed by atoms with E-state index in [1.807, 2.05) is 22.9 Å². The zero-order chi connectivity index (χ0) is 19.4. The van der Waals surface area contributed by atoms with Gasteiger partial charge < -0.3 is 5.32 Å². The summed E-state index contributed by atoms with van der Waals surface area (Å²) in [5.74, 6) is 0.667. The third-order valence-electron chi connectivity index (χ3n) is 3.40. The first-order valence-electron chi connectivity index (χ1n) is 7.82. The maximum Gasteiger partial charge on any atom is 0.236 e. The van der Waals surface area contributed by atoms with E-state index >= 15 is 0 Å². The Morgan fingerprint density at radius 1 is 1.37 bits per heavy atom. The van der Waals surface area contributed by atoms with E-state index < -0.39 is 0 Å². The molecule has 0 aliphatic carbocycles. The second-order valence-corrected chi connectivity index (χ2v) is 8.08. The molecule has 0 bridgehead atoms. The van der Waals surface area contributed by atoms with Crippen LogP contribution in [0, 0.1) is 6.92 Å².